The highest BCUT2D eigenvalue weighted by atomic mass is 16.7. The summed E-state index contributed by atoms with van der Waals surface area (Å²) in [5, 5.41) is 23.8. The number of H-pyrrole nitrogens is 1. The fourth-order valence-corrected chi connectivity index (χ4v) is 9.71. The molecule has 2 saturated carbocycles. The van der Waals surface area contributed by atoms with Crippen LogP contribution in [0.5, 0.6) is 0 Å². The lowest BCUT2D eigenvalue weighted by Crippen LogP contribution is -2.79. The first-order valence-corrected chi connectivity index (χ1v) is 14.6. The van der Waals surface area contributed by atoms with E-state index < -0.39 is 34.6 Å². The van der Waals surface area contributed by atoms with E-state index in [1.165, 1.54) is 0 Å². The number of aryl methyl sites for hydroxylation is 1. The van der Waals surface area contributed by atoms with Crippen LogP contribution < -0.4 is 0 Å². The maximum absolute atomic E-state index is 13.3. The Morgan fingerprint density at radius 1 is 1.26 bits per heavy atom. The average Bonchev–Trinajstić information content (AvgIpc) is 3.31. The molecule has 1 aromatic heterocycles. The van der Waals surface area contributed by atoms with Crippen LogP contribution in [0.15, 0.2) is 29.5 Å². The maximum Gasteiger partial charge on any atom is 0.340 e. The smallest absolute Gasteiger partial charge is 0.340 e. The summed E-state index contributed by atoms with van der Waals surface area (Å²) in [6.07, 6.45) is 8.78. The van der Waals surface area contributed by atoms with Gasteiger partial charge in [-0.3, -0.25) is 0 Å². The Bertz CT molecular complexity index is 1300. The first kappa shape index (κ1) is 26.0. The minimum Gasteiger partial charge on any atom is -0.454 e. The van der Waals surface area contributed by atoms with Crippen molar-refractivity contribution >= 4 is 5.97 Å². The Morgan fingerprint density at radius 3 is 2.79 bits per heavy atom. The number of nitrogens with one attached hydrogen (secondary N) is 1. The summed E-state index contributed by atoms with van der Waals surface area (Å²) in [4.78, 5) is 18.7. The molecule has 4 aliphatic carbocycles. The lowest BCUT2D eigenvalue weighted by atomic mass is 9.41. The van der Waals surface area contributed by atoms with Gasteiger partial charge in [-0.15, -0.1) is 0 Å². The number of aliphatic hydroxyl groups is 2. The number of fused-ring (bicyclic) bond motifs is 1. The van der Waals surface area contributed by atoms with Gasteiger partial charge in [0.2, 0.25) is 0 Å². The normalized spacial score (nSPS) is 45.4. The van der Waals surface area contributed by atoms with Gasteiger partial charge in [-0.1, -0.05) is 19.1 Å². The lowest BCUT2D eigenvalue weighted by Gasteiger charge is -2.73. The third-order valence-corrected chi connectivity index (χ3v) is 11.8. The van der Waals surface area contributed by atoms with E-state index in [1.54, 1.807) is 6.20 Å². The Labute approximate surface area is 230 Å². The zero-order chi connectivity index (χ0) is 27.6. The van der Waals surface area contributed by atoms with Crippen LogP contribution in [0.25, 0.3) is 0 Å². The molecule has 4 bridgehead atoms. The quantitative estimate of drug-likeness (QED) is 0.399. The lowest BCUT2D eigenvalue weighted by molar-refractivity contribution is -0.401. The molecule has 1 spiro atoms. The monoisotopic (exact) mass is 538 g/mol. The Hall–Kier alpha value is -1.97. The van der Waals surface area contributed by atoms with E-state index in [-0.39, 0.29) is 17.3 Å². The summed E-state index contributed by atoms with van der Waals surface area (Å²) in [5.74, 6) is -1.31. The molecule has 3 saturated heterocycles. The fraction of sp³-hybridized carbons (Fsp3) is 0.710. The summed E-state index contributed by atoms with van der Waals surface area (Å²) in [6, 6.07) is 0. The number of aromatic nitrogens is 1. The van der Waals surface area contributed by atoms with Crippen molar-refractivity contribution in [2.75, 3.05) is 26.7 Å². The van der Waals surface area contributed by atoms with E-state index in [0.29, 0.717) is 44.4 Å². The van der Waals surface area contributed by atoms with E-state index in [0.717, 1.165) is 41.8 Å². The maximum atomic E-state index is 13.3. The van der Waals surface area contributed by atoms with Crippen molar-refractivity contribution in [1.82, 2.24) is 9.88 Å². The highest BCUT2D eigenvalue weighted by Gasteiger charge is 2.79. The highest BCUT2D eigenvalue weighted by molar-refractivity contribution is 5.91. The van der Waals surface area contributed by atoms with Gasteiger partial charge in [0.1, 0.15) is 17.3 Å². The van der Waals surface area contributed by atoms with Gasteiger partial charge in [-0.25, -0.2) is 4.79 Å². The van der Waals surface area contributed by atoms with Gasteiger partial charge in [0.05, 0.1) is 18.3 Å². The van der Waals surface area contributed by atoms with Crippen LogP contribution in [0.4, 0.5) is 0 Å². The summed E-state index contributed by atoms with van der Waals surface area (Å²) >= 11 is 0. The van der Waals surface area contributed by atoms with E-state index in [9.17, 15) is 15.0 Å². The number of ether oxygens (including phenoxy) is 3. The van der Waals surface area contributed by atoms with Crippen LogP contribution >= 0.6 is 0 Å². The van der Waals surface area contributed by atoms with Gasteiger partial charge in [-0.05, 0) is 76.1 Å². The second kappa shape index (κ2) is 8.07. The third kappa shape index (κ3) is 3.05. The number of aromatic amines is 1. The second-order valence-electron chi connectivity index (χ2n) is 13.5. The molecule has 8 atom stereocenters. The number of aliphatic hydroxyl groups excluding tert-OH is 1. The number of allylic oxidation sites excluding steroid dienone is 1. The molecule has 8 nitrogen and oxygen atoms in total. The van der Waals surface area contributed by atoms with E-state index in [1.807, 2.05) is 20.8 Å². The molecule has 0 aromatic carbocycles. The largest absolute Gasteiger partial charge is 0.454 e. The van der Waals surface area contributed by atoms with Gasteiger partial charge in [-0.2, -0.15) is 0 Å². The molecule has 4 unspecified atom stereocenters. The van der Waals surface area contributed by atoms with Crippen molar-refractivity contribution in [2.24, 2.45) is 16.7 Å². The topological polar surface area (TPSA) is 104 Å². The third-order valence-electron chi connectivity index (χ3n) is 11.8. The van der Waals surface area contributed by atoms with E-state index in [2.05, 4.69) is 36.0 Å². The summed E-state index contributed by atoms with van der Waals surface area (Å²) < 4.78 is 19.9. The van der Waals surface area contributed by atoms with Crippen LogP contribution in [-0.2, 0) is 14.2 Å². The average molecular weight is 539 g/mol. The molecule has 3 N–H and O–H groups in total. The van der Waals surface area contributed by atoms with Crippen LogP contribution in [-0.4, -0.2) is 82.0 Å². The van der Waals surface area contributed by atoms with Crippen LogP contribution in [0.3, 0.4) is 0 Å². The van der Waals surface area contributed by atoms with E-state index >= 15 is 0 Å². The zero-order valence-electron chi connectivity index (χ0n) is 23.8. The molecule has 8 heteroatoms. The number of hydrogen-bond acceptors (Lipinski definition) is 7. The molecule has 39 heavy (non-hydrogen) atoms. The van der Waals surface area contributed by atoms with Crippen molar-refractivity contribution < 1.29 is 29.2 Å². The number of nitrogens with zero attached hydrogens (tertiary/aromatic N) is 1. The number of hydrogen-bond donors (Lipinski definition) is 3. The standard InChI is InChI=1S/C31H42N2O6/c1-18-19(2)32-16-22(18)26(35)38-20(3)23-8-9-30-24-7-6-21-14-29(36)11-10-27(21,4)31(24,39-29)25(34)15-28(23,30)17-33(5)12-13-37-30/h7-8,16,20-21,25,32,34,36H,6,9-15,17H2,1-5H3/t20?,21-,25?,27+,28?,29+,30+,31?/m1/s1. The number of likely N-dealkylation sites (N-methyl/N-ethyl adjacent to an activating group) is 1. The van der Waals surface area contributed by atoms with Crippen molar-refractivity contribution in [2.45, 2.75) is 95.4 Å². The van der Waals surface area contributed by atoms with Crippen molar-refractivity contribution in [3.8, 4) is 0 Å². The molecule has 4 heterocycles. The molecular weight excluding hydrogens is 496 g/mol. The molecular formula is C31H42N2O6. The summed E-state index contributed by atoms with van der Waals surface area (Å²) in [7, 11) is 2.10. The van der Waals surface area contributed by atoms with Crippen molar-refractivity contribution in [1.29, 1.82) is 0 Å². The highest BCUT2D eigenvalue weighted by Crippen LogP contribution is 2.74. The van der Waals surface area contributed by atoms with Crippen LogP contribution in [0.1, 0.15) is 74.0 Å². The Kier molecular flexibility index (Phi) is 5.37. The van der Waals surface area contributed by atoms with Crippen molar-refractivity contribution in [3.05, 3.63) is 46.3 Å². The predicted octanol–water partition coefficient (Wildman–Crippen LogP) is 3.55. The molecule has 7 aliphatic rings. The Balaban J connectivity index is 1.32. The first-order valence-electron chi connectivity index (χ1n) is 14.6. The van der Waals surface area contributed by atoms with Crippen molar-refractivity contribution in [3.63, 3.8) is 0 Å². The molecule has 8 rings (SSSR count). The van der Waals surface area contributed by atoms with E-state index in [4.69, 9.17) is 14.2 Å². The molecule has 212 valence electrons. The molecule has 0 amide bonds. The number of esters is 1. The number of carbonyl (C=O) groups is 1. The molecule has 0 radical (unpaired) electrons. The predicted molar refractivity (Wildman–Crippen MR) is 144 cm³/mol. The first-order chi connectivity index (χ1) is 18.4. The second-order valence-corrected chi connectivity index (χ2v) is 13.5. The van der Waals surface area contributed by atoms with Crippen LogP contribution in [0, 0.1) is 30.6 Å². The SMILES string of the molecule is Cc1[nH]cc(C(=O)OC(C)C2=CC[C@@]34OCCN(C)CC23CC(O)C23O[C@@]5(O)CC[C@@]2(C)[C@H](CC=C34)C5)c1C. The molecule has 5 fully saturated rings. The molecule has 1 aromatic rings. The molecule has 3 aliphatic heterocycles. The summed E-state index contributed by atoms with van der Waals surface area (Å²) in [5.41, 5.74) is 1.81. The summed E-state index contributed by atoms with van der Waals surface area (Å²) in [6.45, 7) is 10.1. The minimum absolute atomic E-state index is 0.252. The Morgan fingerprint density at radius 2 is 2.05 bits per heavy atom. The van der Waals surface area contributed by atoms with Gasteiger partial charge >= 0.3 is 5.97 Å². The van der Waals surface area contributed by atoms with Gasteiger partial charge in [0, 0.05) is 48.7 Å². The van der Waals surface area contributed by atoms with Gasteiger partial charge in [0.15, 0.2) is 5.79 Å². The fourth-order valence-electron chi connectivity index (χ4n) is 9.71. The number of carbonyl (C=O) groups excluding carboxylic acids is 1. The van der Waals surface area contributed by atoms with Gasteiger partial charge in [0.25, 0.3) is 0 Å². The minimum atomic E-state index is -1.22. The van der Waals surface area contributed by atoms with Crippen LogP contribution in [0.2, 0.25) is 0 Å². The number of rotatable bonds is 3. The van der Waals surface area contributed by atoms with Gasteiger partial charge < -0.3 is 34.3 Å². The zero-order valence-corrected chi connectivity index (χ0v) is 23.8.